The number of nitrogens with zero attached hydrogens (tertiary/aromatic N) is 1. The highest BCUT2D eigenvalue weighted by atomic mass is 19.3. The molecule has 0 aliphatic rings. The largest absolute Gasteiger partial charge is 0.383 e. The van der Waals surface area contributed by atoms with Crippen molar-refractivity contribution in [3.8, 4) is 0 Å². The van der Waals surface area contributed by atoms with E-state index >= 15 is 0 Å². The molecule has 0 unspecified atom stereocenters. The van der Waals surface area contributed by atoms with E-state index in [0.717, 1.165) is 6.07 Å². The lowest BCUT2D eigenvalue weighted by atomic mass is 10.1. The Morgan fingerprint density at radius 1 is 1.57 bits per heavy atom. The smallest absolute Gasteiger partial charge is 0.267 e. The van der Waals surface area contributed by atoms with Crippen molar-refractivity contribution < 1.29 is 13.6 Å². The van der Waals surface area contributed by atoms with E-state index in [-0.39, 0.29) is 23.6 Å². The Bertz CT molecular complexity index is 355. The molecule has 0 saturated heterocycles. The molecule has 1 aromatic heterocycles. The molecule has 1 aromatic rings. The second-order valence-electron chi connectivity index (χ2n) is 2.62. The van der Waals surface area contributed by atoms with Crippen LogP contribution in [0.1, 0.15) is 28.0 Å². The minimum absolute atomic E-state index is 0.0121. The highest BCUT2D eigenvalue weighted by Gasteiger charge is 2.15. The van der Waals surface area contributed by atoms with Crippen LogP contribution < -0.4 is 11.5 Å². The van der Waals surface area contributed by atoms with E-state index in [0.29, 0.717) is 6.29 Å². The molecule has 0 fully saturated rings. The molecule has 0 amide bonds. The van der Waals surface area contributed by atoms with E-state index < -0.39 is 12.0 Å². The van der Waals surface area contributed by atoms with Crippen LogP contribution in [0.25, 0.3) is 0 Å². The van der Waals surface area contributed by atoms with Gasteiger partial charge in [0.2, 0.25) is 0 Å². The van der Waals surface area contributed by atoms with Gasteiger partial charge in [-0.25, -0.2) is 13.8 Å². The van der Waals surface area contributed by atoms with Gasteiger partial charge >= 0.3 is 0 Å². The molecule has 4 nitrogen and oxygen atoms in total. The van der Waals surface area contributed by atoms with Gasteiger partial charge in [0, 0.05) is 12.1 Å². The van der Waals surface area contributed by atoms with Gasteiger partial charge in [-0.3, -0.25) is 4.79 Å². The number of carbonyl (C=O) groups is 1. The van der Waals surface area contributed by atoms with Gasteiger partial charge in [0.15, 0.2) is 6.29 Å². The standard InChI is InChI=1S/C8H9F2N3O/c9-7(10)5-1-4(3-14)6(2-11)13-8(5)12/h1,3,7H,2,11H2,(H2,12,13). The molecule has 0 spiro atoms. The first-order valence-electron chi connectivity index (χ1n) is 3.82. The number of carbonyl (C=O) groups excluding carboxylic acids is 1. The molecular weight excluding hydrogens is 192 g/mol. The molecule has 0 aliphatic carbocycles. The maximum Gasteiger partial charge on any atom is 0.267 e. The quantitative estimate of drug-likeness (QED) is 0.711. The van der Waals surface area contributed by atoms with Crippen molar-refractivity contribution >= 4 is 12.1 Å². The van der Waals surface area contributed by atoms with Gasteiger partial charge in [-0.1, -0.05) is 0 Å². The van der Waals surface area contributed by atoms with E-state index in [9.17, 15) is 13.6 Å². The number of anilines is 1. The van der Waals surface area contributed by atoms with E-state index in [1.807, 2.05) is 0 Å². The maximum absolute atomic E-state index is 12.3. The summed E-state index contributed by atoms with van der Waals surface area (Å²) in [6.07, 6.45) is -2.31. The Kier molecular flexibility index (Phi) is 3.08. The Morgan fingerprint density at radius 3 is 2.64 bits per heavy atom. The minimum atomic E-state index is -2.74. The Morgan fingerprint density at radius 2 is 2.21 bits per heavy atom. The van der Waals surface area contributed by atoms with Crippen LogP contribution in [0.3, 0.4) is 0 Å². The van der Waals surface area contributed by atoms with Crippen LogP contribution in [0, 0.1) is 0 Å². The third kappa shape index (κ3) is 1.85. The van der Waals surface area contributed by atoms with Crippen LogP contribution in [-0.4, -0.2) is 11.3 Å². The number of rotatable bonds is 3. The summed E-state index contributed by atoms with van der Waals surface area (Å²) >= 11 is 0. The third-order valence-corrected chi connectivity index (χ3v) is 1.75. The number of nitrogen functional groups attached to an aromatic ring is 1. The Balaban J connectivity index is 3.30. The first-order valence-corrected chi connectivity index (χ1v) is 3.82. The van der Waals surface area contributed by atoms with Crippen molar-refractivity contribution in [2.45, 2.75) is 13.0 Å². The second kappa shape index (κ2) is 4.10. The van der Waals surface area contributed by atoms with Gasteiger partial charge < -0.3 is 11.5 Å². The summed E-state index contributed by atoms with van der Waals surface area (Å²) in [5, 5.41) is 0. The molecule has 1 heterocycles. The molecule has 0 bridgehead atoms. The van der Waals surface area contributed by atoms with Gasteiger partial charge in [0.05, 0.1) is 11.3 Å². The fraction of sp³-hybridized carbons (Fsp3) is 0.250. The van der Waals surface area contributed by atoms with Crippen LogP contribution in [0.4, 0.5) is 14.6 Å². The van der Waals surface area contributed by atoms with E-state index in [4.69, 9.17) is 11.5 Å². The molecule has 0 atom stereocenters. The summed E-state index contributed by atoms with van der Waals surface area (Å²) in [5.41, 5.74) is 10.4. The van der Waals surface area contributed by atoms with Crippen molar-refractivity contribution in [1.29, 1.82) is 0 Å². The van der Waals surface area contributed by atoms with E-state index in [1.54, 1.807) is 0 Å². The number of aromatic nitrogens is 1. The molecule has 0 aliphatic heterocycles. The lowest BCUT2D eigenvalue weighted by Crippen LogP contribution is -2.09. The zero-order chi connectivity index (χ0) is 10.7. The number of halogens is 2. The number of hydrogen-bond acceptors (Lipinski definition) is 4. The molecule has 0 aromatic carbocycles. The zero-order valence-corrected chi connectivity index (χ0v) is 7.21. The Hall–Kier alpha value is -1.56. The summed E-state index contributed by atoms with van der Waals surface area (Å²) < 4.78 is 24.6. The monoisotopic (exact) mass is 201 g/mol. The summed E-state index contributed by atoms with van der Waals surface area (Å²) in [4.78, 5) is 14.1. The zero-order valence-electron chi connectivity index (χ0n) is 7.21. The fourth-order valence-corrected chi connectivity index (χ4v) is 1.04. The van der Waals surface area contributed by atoms with Crippen LogP contribution in [0.15, 0.2) is 6.07 Å². The maximum atomic E-state index is 12.3. The predicted molar refractivity (Wildman–Crippen MR) is 46.9 cm³/mol. The van der Waals surface area contributed by atoms with Crippen LogP contribution in [0.2, 0.25) is 0 Å². The fourth-order valence-electron chi connectivity index (χ4n) is 1.04. The predicted octanol–water partition coefficient (Wildman–Crippen LogP) is 0.873. The van der Waals surface area contributed by atoms with E-state index in [1.165, 1.54) is 0 Å². The third-order valence-electron chi connectivity index (χ3n) is 1.75. The SMILES string of the molecule is NCc1nc(N)c(C(F)F)cc1C=O. The minimum Gasteiger partial charge on any atom is -0.383 e. The molecule has 1 rings (SSSR count). The summed E-state index contributed by atoms with van der Waals surface area (Å²) in [5.74, 6) is -0.286. The second-order valence-corrected chi connectivity index (χ2v) is 2.62. The number of pyridine rings is 1. The summed E-state index contributed by atoms with van der Waals surface area (Å²) in [6.45, 7) is -0.0121. The lowest BCUT2D eigenvalue weighted by Gasteiger charge is -2.07. The number of alkyl halides is 2. The van der Waals surface area contributed by atoms with Crippen LogP contribution in [-0.2, 0) is 6.54 Å². The molecule has 0 saturated carbocycles. The van der Waals surface area contributed by atoms with Crippen molar-refractivity contribution in [2.75, 3.05) is 5.73 Å². The summed E-state index contributed by atoms with van der Waals surface area (Å²) in [6, 6.07) is 1.02. The number of aldehydes is 1. The molecule has 0 radical (unpaired) electrons. The van der Waals surface area contributed by atoms with Gasteiger partial charge in [-0.2, -0.15) is 0 Å². The number of hydrogen-bond donors (Lipinski definition) is 2. The summed E-state index contributed by atoms with van der Waals surface area (Å²) in [7, 11) is 0. The van der Waals surface area contributed by atoms with Crippen molar-refractivity contribution in [2.24, 2.45) is 5.73 Å². The number of nitrogens with two attached hydrogens (primary N) is 2. The van der Waals surface area contributed by atoms with Crippen molar-refractivity contribution in [3.05, 3.63) is 22.9 Å². The van der Waals surface area contributed by atoms with Crippen LogP contribution in [0.5, 0.6) is 0 Å². The van der Waals surface area contributed by atoms with Gasteiger partial charge in [0.25, 0.3) is 6.43 Å². The normalized spacial score (nSPS) is 10.6. The molecule has 14 heavy (non-hydrogen) atoms. The molecule has 76 valence electrons. The van der Waals surface area contributed by atoms with Crippen molar-refractivity contribution in [1.82, 2.24) is 4.98 Å². The first-order chi connectivity index (χ1) is 6.60. The average molecular weight is 201 g/mol. The first kappa shape index (κ1) is 10.5. The lowest BCUT2D eigenvalue weighted by molar-refractivity contribution is 0.112. The molecule has 6 heteroatoms. The molecular formula is C8H9F2N3O. The highest BCUT2D eigenvalue weighted by Crippen LogP contribution is 2.25. The highest BCUT2D eigenvalue weighted by molar-refractivity contribution is 5.77. The van der Waals surface area contributed by atoms with E-state index in [2.05, 4.69) is 4.98 Å². The van der Waals surface area contributed by atoms with Gasteiger partial charge in [-0.15, -0.1) is 0 Å². The van der Waals surface area contributed by atoms with Crippen LogP contribution >= 0.6 is 0 Å². The Labute approximate surface area is 78.9 Å². The topological polar surface area (TPSA) is 82.0 Å². The molecule has 4 N–H and O–H groups in total. The van der Waals surface area contributed by atoms with Crippen molar-refractivity contribution in [3.63, 3.8) is 0 Å². The van der Waals surface area contributed by atoms with Gasteiger partial charge in [0.1, 0.15) is 5.82 Å². The van der Waals surface area contributed by atoms with Gasteiger partial charge in [-0.05, 0) is 6.07 Å². The average Bonchev–Trinajstić information content (AvgIpc) is 2.16.